The third-order valence-electron chi connectivity index (χ3n) is 2.32. The van der Waals surface area contributed by atoms with E-state index in [9.17, 15) is 4.79 Å². The number of carboxylic acids is 1. The lowest BCUT2D eigenvalue weighted by molar-refractivity contribution is -0.131. The Bertz CT molecular complexity index is 378. The summed E-state index contributed by atoms with van der Waals surface area (Å²) < 4.78 is 7.07. The van der Waals surface area contributed by atoms with Crippen LogP contribution in [0.4, 0.5) is 0 Å². The van der Waals surface area contributed by atoms with E-state index in [1.165, 1.54) is 6.08 Å². The van der Waals surface area contributed by atoms with Crippen molar-refractivity contribution in [1.82, 2.24) is 9.78 Å². The predicted octanol–water partition coefficient (Wildman–Crippen LogP) is 0.942. The molecule has 15 heavy (non-hydrogen) atoms. The zero-order valence-corrected chi connectivity index (χ0v) is 8.17. The SMILES string of the molecule is O=C(O)/C=C/c1cnn([C@H]2CCOC2)c1. The van der Waals surface area contributed by atoms with Crippen LogP contribution in [0.25, 0.3) is 6.08 Å². The number of hydrogen-bond donors (Lipinski definition) is 1. The van der Waals surface area contributed by atoms with E-state index >= 15 is 0 Å². The molecule has 1 aliphatic heterocycles. The smallest absolute Gasteiger partial charge is 0.328 e. The summed E-state index contributed by atoms with van der Waals surface area (Å²) in [6.07, 6.45) is 7.08. The normalized spacial score (nSPS) is 21.2. The Balaban J connectivity index is 2.06. The van der Waals surface area contributed by atoms with E-state index in [1.807, 2.05) is 10.9 Å². The average molecular weight is 208 g/mol. The van der Waals surface area contributed by atoms with Crippen molar-refractivity contribution in [1.29, 1.82) is 0 Å². The van der Waals surface area contributed by atoms with E-state index < -0.39 is 5.97 Å². The Morgan fingerprint density at radius 3 is 3.27 bits per heavy atom. The molecule has 1 aliphatic rings. The Kier molecular flexibility index (Phi) is 2.82. The molecule has 0 unspecified atom stereocenters. The summed E-state index contributed by atoms with van der Waals surface area (Å²) in [5.41, 5.74) is 0.796. The van der Waals surface area contributed by atoms with Crippen molar-refractivity contribution in [3.63, 3.8) is 0 Å². The van der Waals surface area contributed by atoms with Gasteiger partial charge in [-0.15, -0.1) is 0 Å². The molecule has 1 aromatic heterocycles. The summed E-state index contributed by atoms with van der Waals surface area (Å²) in [6, 6.07) is 0.289. The molecule has 0 amide bonds. The van der Waals surface area contributed by atoms with Gasteiger partial charge in [-0.05, 0) is 12.5 Å². The summed E-state index contributed by atoms with van der Waals surface area (Å²) in [6.45, 7) is 1.45. The number of aliphatic carboxylic acids is 1. The first kappa shape index (κ1) is 9.92. The van der Waals surface area contributed by atoms with Crippen molar-refractivity contribution < 1.29 is 14.6 Å². The zero-order valence-electron chi connectivity index (χ0n) is 8.17. The molecule has 1 atom stereocenters. The van der Waals surface area contributed by atoms with Crippen molar-refractivity contribution in [2.45, 2.75) is 12.5 Å². The molecular weight excluding hydrogens is 196 g/mol. The molecule has 1 fully saturated rings. The third-order valence-corrected chi connectivity index (χ3v) is 2.32. The molecule has 1 aromatic rings. The molecule has 0 aromatic carbocycles. The fraction of sp³-hybridized carbons (Fsp3) is 0.400. The molecule has 2 heterocycles. The lowest BCUT2D eigenvalue weighted by Gasteiger charge is -2.06. The minimum Gasteiger partial charge on any atom is -0.478 e. The minimum atomic E-state index is -0.952. The second-order valence-corrected chi connectivity index (χ2v) is 3.44. The molecule has 2 rings (SSSR count). The molecule has 0 radical (unpaired) electrons. The van der Waals surface area contributed by atoms with E-state index in [0.717, 1.165) is 24.7 Å². The van der Waals surface area contributed by atoms with Crippen molar-refractivity contribution in [2.75, 3.05) is 13.2 Å². The number of carboxylic acid groups (broad SMARTS) is 1. The molecule has 5 heteroatoms. The van der Waals surface area contributed by atoms with Crippen LogP contribution in [0.15, 0.2) is 18.5 Å². The van der Waals surface area contributed by atoms with Gasteiger partial charge >= 0.3 is 5.97 Å². The molecule has 5 nitrogen and oxygen atoms in total. The lowest BCUT2D eigenvalue weighted by Crippen LogP contribution is -2.08. The third kappa shape index (κ3) is 2.44. The maximum atomic E-state index is 10.3. The highest BCUT2D eigenvalue weighted by molar-refractivity contribution is 5.85. The van der Waals surface area contributed by atoms with Crippen LogP contribution in [0.3, 0.4) is 0 Å². The van der Waals surface area contributed by atoms with Crippen LogP contribution in [-0.2, 0) is 9.53 Å². The predicted molar refractivity (Wildman–Crippen MR) is 53.4 cm³/mol. The van der Waals surface area contributed by atoms with Gasteiger partial charge in [0.15, 0.2) is 0 Å². The molecular formula is C10H12N2O3. The summed E-state index contributed by atoms with van der Waals surface area (Å²) in [5.74, 6) is -0.952. The maximum Gasteiger partial charge on any atom is 0.328 e. The van der Waals surface area contributed by atoms with Gasteiger partial charge in [-0.1, -0.05) is 0 Å². The number of rotatable bonds is 3. The van der Waals surface area contributed by atoms with E-state index in [-0.39, 0.29) is 6.04 Å². The quantitative estimate of drug-likeness (QED) is 0.751. The monoisotopic (exact) mass is 208 g/mol. The standard InChI is InChI=1S/C10H12N2O3/c13-10(14)2-1-8-5-11-12(6-8)9-3-4-15-7-9/h1-2,5-6,9H,3-4,7H2,(H,13,14)/b2-1+/t9-/m0/s1. The van der Waals surface area contributed by atoms with Crippen LogP contribution < -0.4 is 0 Å². The second-order valence-electron chi connectivity index (χ2n) is 3.44. The summed E-state index contributed by atoms with van der Waals surface area (Å²) in [4.78, 5) is 10.3. The van der Waals surface area contributed by atoms with Crippen molar-refractivity contribution in [2.24, 2.45) is 0 Å². The van der Waals surface area contributed by atoms with Crippen molar-refractivity contribution in [3.8, 4) is 0 Å². The van der Waals surface area contributed by atoms with Gasteiger partial charge in [-0.2, -0.15) is 5.10 Å². The number of carbonyl (C=O) groups is 1. The Morgan fingerprint density at radius 1 is 1.73 bits per heavy atom. The van der Waals surface area contributed by atoms with Gasteiger partial charge in [0.05, 0.1) is 18.8 Å². The van der Waals surface area contributed by atoms with Crippen LogP contribution in [0.5, 0.6) is 0 Å². The van der Waals surface area contributed by atoms with Gasteiger partial charge in [0, 0.05) is 24.4 Å². The van der Waals surface area contributed by atoms with Gasteiger partial charge < -0.3 is 9.84 Å². The Morgan fingerprint density at radius 2 is 2.60 bits per heavy atom. The molecule has 80 valence electrons. The Labute approximate surface area is 87.0 Å². The summed E-state index contributed by atoms with van der Waals surface area (Å²) in [5, 5.41) is 12.6. The fourth-order valence-electron chi connectivity index (χ4n) is 1.54. The number of nitrogens with zero attached hydrogens (tertiary/aromatic N) is 2. The molecule has 0 saturated carbocycles. The lowest BCUT2D eigenvalue weighted by atomic mass is 10.2. The fourth-order valence-corrected chi connectivity index (χ4v) is 1.54. The molecule has 1 saturated heterocycles. The maximum absolute atomic E-state index is 10.3. The van der Waals surface area contributed by atoms with E-state index in [1.54, 1.807) is 6.20 Å². The number of aromatic nitrogens is 2. The van der Waals surface area contributed by atoms with Crippen molar-refractivity contribution in [3.05, 3.63) is 24.0 Å². The molecule has 0 spiro atoms. The van der Waals surface area contributed by atoms with Crippen LogP contribution in [0, 0.1) is 0 Å². The summed E-state index contributed by atoms with van der Waals surface area (Å²) in [7, 11) is 0. The first-order valence-electron chi connectivity index (χ1n) is 4.78. The van der Waals surface area contributed by atoms with Gasteiger partial charge in [0.2, 0.25) is 0 Å². The second kappa shape index (κ2) is 4.27. The van der Waals surface area contributed by atoms with Gasteiger partial charge in [-0.3, -0.25) is 4.68 Å². The largest absolute Gasteiger partial charge is 0.478 e. The highest BCUT2D eigenvalue weighted by Gasteiger charge is 2.17. The van der Waals surface area contributed by atoms with Gasteiger partial charge in [-0.25, -0.2) is 4.79 Å². The zero-order chi connectivity index (χ0) is 10.7. The molecule has 0 aliphatic carbocycles. The van der Waals surface area contributed by atoms with E-state index in [0.29, 0.717) is 6.61 Å². The number of ether oxygens (including phenoxy) is 1. The van der Waals surface area contributed by atoms with E-state index in [2.05, 4.69) is 5.10 Å². The van der Waals surface area contributed by atoms with Crippen LogP contribution in [0.2, 0.25) is 0 Å². The molecule has 0 bridgehead atoms. The van der Waals surface area contributed by atoms with Crippen LogP contribution >= 0.6 is 0 Å². The average Bonchev–Trinajstić information content (AvgIpc) is 2.85. The van der Waals surface area contributed by atoms with Crippen LogP contribution in [-0.4, -0.2) is 34.1 Å². The highest BCUT2D eigenvalue weighted by atomic mass is 16.5. The first-order valence-corrected chi connectivity index (χ1v) is 4.78. The molecule has 1 N–H and O–H groups in total. The first-order chi connectivity index (χ1) is 7.25. The van der Waals surface area contributed by atoms with Crippen LogP contribution in [0.1, 0.15) is 18.0 Å². The van der Waals surface area contributed by atoms with E-state index in [4.69, 9.17) is 9.84 Å². The minimum absolute atomic E-state index is 0.289. The van der Waals surface area contributed by atoms with Crippen molar-refractivity contribution >= 4 is 12.0 Å². The topological polar surface area (TPSA) is 64.3 Å². The van der Waals surface area contributed by atoms with Gasteiger partial charge in [0.25, 0.3) is 0 Å². The highest BCUT2D eigenvalue weighted by Crippen LogP contribution is 2.18. The Hall–Kier alpha value is -1.62. The van der Waals surface area contributed by atoms with Gasteiger partial charge in [0.1, 0.15) is 0 Å². The summed E-state index contributed by atoms with van der Waals surface area (Å²) >= 11 is 0. The number of hydrogen-bond acceptors (Lipinski definition) is 3.